The van der Waals surface area contributed by atoms with Crippen LogP contribution in [0.5, 0.6) is 0 Å². The molecule has 1 atom stereocenters. The summed E-state index contributed by atoms with van der Waals surface area (Å²) in [5, 5.41) is 9.70. The van der Waals surface area contributed by atoms with Crippen molar-refractivity contribution in [1.29, 1.82) is 0 Å². The van der Waals surface area contributed by atoms with E-state index in [1.165, 1.54) is 11.0 Å². The van der Waals surface area contributed by atoms with E-state index in [4.69, 9.17) is 11.6 Å². The van der Waals surface area contributed by atoms with Crippen LogP contribution in [0.2, 0.25) is 5.02 Å². The third kappa shape index (κ3) is 2.35. The summed E-state index contributed by atoms with van der Waals surface area (Å²) in [6, 6.07) is 6.12. The van der Waals surface area contributed by atoms with Gasteiger partial charge in [-0.05, 0) is 18.2 Å². The Bertz CT molecular complexity index is 684. The zero-order chi connectivity index (χ0) is 14.1. The summed E-state index contributed by atoms with van der Waals surface area (Å²) in [5.74, 6) is -0.229. The number of nitrogens with one attached hydrogen (secondary N) is 2. The molecule has 1 aliphatic heterocycles. The van der Waals surface area contributed by atoms with Crippen molar-refractivity contribution < 1.29 is 9.59 Å². The number of carbonyl (C=O) groups excluding carboxylic acids is 2. The van der Waals surface area contributed by atoms with E-state index in [1.54, 1.807) is 24.3 Å². The first-order chi connectivity index (χ1) is 9.63. The molecule has 2 heterocycles. The highest BCUT2D eigenvalue weighted by Crippen LogP contribution is 2.24. The van der Waals surface area contributed by atoms with Gasteiger partial charge in [-0.15, -0.1) is 0 Å². The molecule has 1 aromatic carbocycles. The first kappa shape index (κ1) is 12.6. The number of nitrogens with zero attached hydrogens (tertiary/aromatic N) is 3. The van der Waals surface area contributed by atoms with Gasteiger partial charge in [0.05, 0.1) is 6.42 Å². The van der Waals surface area contributed by atoms with Crippen molar-refractivity contribution in [2.45, 2.75) is 12.5 Å². The maximum absolute atomic E-state index is 12.0. The Balaban J connectivity index is 1.69. The average Bonchev–Trinajstić information content (AvgIpc) is 2.93. The fraction of sp³-hybridized carbons (Fsp3) is 0.167. The van der Waals surface area contributed by atoms with Crippen LogP contribution in [0, 0.1) is 0 Å². The number of halogens is 1. The number of aromatic nitrogens is 3. The minimum atomic E-state index is -0.674. The number of hydrogen-bond acceptors (Lipinski definition) is 4. The molecule has 0 saturated heterocycles. The van der Waals surface area contributed by atoms with Gasteiger partial charge in [0.2, 0.25) is 11.9 Å². The molecule has 0 spiro atoms. The van der Waals surface area contributed by atoms with Crippen molar-refractivity contribution in [1.82, 2.24) is 14.8 Å². The lowest BCUT2D eigenvalue weighted by Crippen LogP contribution is -2.23. The van der Waals surface area contributed by atoms with Gasteiger partial charge in [0.25, 0.3) is 5.91 Å². The smallest absolute Gasteiger partial charge is 0.252 e. The largest absolute Gasteiger partial charge is 0.326 e. The van der Waals surface area contributed by atoms with E-state index >= 15 is 0 Å². The van der Waals surface area contributed by atoms with Gasteiger partial charge in [0, 0.05) is 10.7 Å². The maximum Gasteiger partial charge on any atom is 0.252 e. The molecule has 0 saturated carbocycles. The summed E-state index contributed by atoms with van der Waals surface area (Å²) in [6.45, 7) is 0. The van der Waals surface area contributed by atoms with E-state index < -0.39 is 6.04 Å². The van der Waals surface area contributed by atoms with Crippen LogP contribution in [0.4, 0.5) is 11.6 Å². The number of rotatable bonds is 3. The second-order valence-corrected chi connectivity index (χ2v) is 4.73. The Kier molecular flexibility index (Phi) is 3.11. The van der Waals surface area contributed by atoms with Crippen molar-refractivity contribution in [3.63, 3.8) is 0 Å². The lowest BCUT2D eigenvalue weighted by molar-refractivity contribution is -0.123. The van der Waals surface area contributed by atoms with E-state index in [2.05, 4.69) is 20.7 Å². The number of benzene rings is 1. The third-order valence-electron chi connectivity index (χ3n) is 2.89. The average molecular weight is 292 g/mol. The molecule has 0 bridgehead atoms. The molecule has 0 aliphatic carbocycles. The third-order valence-corrected chi connectivity index (χ3v) is 3.13. The fourth-order valence-electron chi connectivity index (χ4n) is 2.01. The van der Waals surface area contributed by atoms with Gasteiger partial charge >= 0.3 is 0 Å². The van der Waals surface area contributed by atoms with Crippen molar-refractivity contribution in [2.75, 3.05) is 10.6 Å². The first-order valence-electron chi connectivity index (χ1n) is 5.89. The van der Waals surface area contributed by atoms with Crippen molar-refractivity contribution in [3.05, 3.63) is 35.6 Å². The molecule has 0 fully saturated rings. The van der Waals surface area contributed by atoms with Gasteiger partial charge in [0.1, 0.15) is 12.4 Å². The highest BCUT2D eigenvalue weighted by Gasteiger charge is 2.33. The molecule has 8 heteroatoms. The van der Waals surface area contributed by atoms with E-state index in [0.717, 1.165) is 0 Å². The summed E-state index contributed by atoms with van der Waals surface area (Å²) in [4.78, 5) is 27.6. The summed E-state index contributed by atoms with van der Waals surface area (Å²) < 4.78 is 1.40. The van der Waals surface area contributed by atoms with Gasteiger partial charge in [-0.1, -0.05) is 17.7 Å². The maximum atomic E-state index is 12.0. The van der Waals surface area contributed by atoms with Crippen molar-refractivity contribution in [3.8, 4) is 0 Å². The minimum Gasteiger partial charge on any atom is -0.326 e. The highest BCUT2D eigenvalue weighted by atomic mass is 35.5. The number of hydrogen-bond donors (Lipinski definition) is 2. The number of carbonyl (C=O) groups is 2. The van der Waals surface area contributed by atoms with Crippen LogP contribution in [0.1, 0.15) is 12.5 Å². The number of anilines is 2. The van der Waals surface area contributed by atoms with Crippen LogP contribution in [-0.4, -0.2) is 26.6 Å². The Morgan fingerprint density at radius 1 is 1.50 bits per heavy atom. The monoisotopic (exact) mass is 291 g/mol. The highest BCUT2D eigenvalue weighted by molar-refractivity contribution is 6.30. The quantitative estimate of drug-likeness (QED) is 0.896. The van der Waals surface area contributed by atoms with E-state index in [0.29, 0.717) is 16.7 Å². The van der Waals surface area contributed by atoms with E-state index in [-0.39, 0.29) is 18.2 Å². The predicted molar refractivity (Wildman–Crippen MR) is 72.4 cm³/mol. The summed E-state index contributed by atoms with van der Waals surface area (Å²) >= 11 is 5.84. The minimum absolute atomic E-state index is 0.0191. The summed E-state index contributed by atoms with van der Waals surface area (Å²) in [7, 11) is 0. The zero-order valence-corrected chi connectivity index (χ0v) is 11.0. The normalized spacial score (nSPS) is 16.6. The standard InChI is InChI=1S/C12H10ClN5O2/c13-7-2-1-3-8(4-7)16-10(19)5-9-11(20)17-12-14-6-15-18(9)12/h1-4,6,9H,5H2,(H,16,19)(H,14,15,17,20)/t9-/m0/s1. The second-order valence-electron chi connectivity index (χ2n) is 4.30. The fourth-order valence-corrected chi connectivity index (χ4v) is 2.20. The molecule has 7 nitrogen and oxygen atoms in total. The summed E-state index contributed by atoms with van der Waals surface area (Å²) in [6.07, 6.45) is 1.31. The van der Waals surface area contributed by atoms with Gasteiger partial charge < -0.3 is 5.32 Å². The molecule has 0 unspecified atom stereocenters. The molecular formula is C12H10ClN5O2. The van der Waals surface area contributed by atoms with Crippen LogP contribution in [0.25, 0.3) is 0 Å². The van der Waals surface area contributed by atoms with Gasteiger partial charge in [0.15, 0.2) is 0 Å². The lowest BCUT2D eigenvalue weighted by atomic mass is 10.2. The Labute approximate surface area is 118 Å². The van der Waals surface area contributed by atoms with Crippen LogP contribution in [0.3, 0.4) is 0 Å². The van der Waals surface area contributed by atoms with Crippen LogP contribution in [0.15, 0.2) is 30.6 Å². The van der Waals surface area contributed by atoms with Crippen LogP contribution in [-0.2, 0) is 9.59 Å². The van der Waals surface area contributed by atoms with Crippen molar-refractivity contribution in [2.24, 2.45) is 0 Å². The van der Waals surface area contributed by atoms with E-state index in [1.807, 2.05) is 0 Å². The predicted octanol–water partition coefficient (Wildman–Crippen LogP) is 1.45. The molecule has 3 rings (SSSR count). The number of fused-ring (bicyclic) bond motifs is 1. The molecule has 2 N–H and O–H groups in total. The molecule has 1 aromatic heterocycles. The summed E-state index contributed by atoms with van der Waals surface area (Å²) in [5.41, 5.74) is 0.583. The second kappa shape index (κ2) is 4.93. The molecule has 2 amide bonds. The lowest BCUT2D eigenvalue weighted by Gasteiger charge is -2.09. The van der Waals surface area contributed by atoms with E-state index in [9.17, 15) is 9.59 Å². The van der Waals surface area contributed by atoms with Crippen LogP contribution >= 0.6 is 11.6 Å². The molecule has 102 valence electrons. The van der Waals surface area contributed by atoms with Gasteiger partial charge in [-0.3, -0.25) is 14.9 Å². The molecule has 0 radical (unpaired) electrons. The molecule has 1 aliphatic rings. The Hall–Kier alpha value is -2.41. The Morgan fingerprint density at radius 2 is 2.35 bits per heavy atom. The van der Waals surface area contributed by atoms with Gasteiger partial charge in [-0.2, -0.15) is 10.1 Å². The molecule has 20 heavy (non-hydrogen) atoms. The SMILES string of the molecule is O=C(C[C@H]1C(=O)Nc2ncnn21)Nc1cccc(Cl)c1. The zero-order valence-electron chi connectivity index (χ0n) is 10.2. The Morgan fingerprint density at radius 3 is 3.15 bits per heavy atom. The molecular weight excluding hydrogens is 282 g/mol. The van der Waals surface area contributed by atoms with Gasteiger partial charge in [-0.25, -0.2) is 4.68 Å². The van der Waals surface area contributed by atoms with Crippen LogP contribution < -0.4 is 10.6 Å². The first-order valence-corrected chi connectivity index (χ1v) is 6.27. The van der Waals surface area contributed by atoms with Crippen molar-refractivity contribution >= 4 is 35.1 Å². The molecule has 2 aromatic rings. The number of amides is 2. The topological polar surface area (TPSA) is 88.9 Å².